The van der Waals surface area contributed by atoms with E-state index < -0.39 is 16.1 Å². The number of hydrogen-bond acceptors (Lipinski definition) is 6. The van der Waals surface area contributed by atoms with Crippen molar-refractivity contribution >= 4 is 21.8 Å². The normalized spacial score (nSPS) is 13.7. The summed E-state index contributed by atoms with van der Waals surface area (Å²) < 4.78 is 38.2. The van der Waals surface area contributed by atoms with Crippen molar-refractivity contribution in [3.63, 3.8) is 0 Å². The van der Waals surface area contributed by atoms with Gasteiger partial charge in [-0.05, 0) is 73.6 Å². The molecule has 0 bridgehead atoms. The van der Waals surface area contributed by atoms with E-state index in [1.807, 2.05) is 48.5 Å². The van der Waals surface area contributed by atoms with Crippen molar-refractivity contribution in [2.75, 3.05) is 20.8 Å². The largest absolute Gasteiger partial charge is 0.493 e. The number of carbonyl (C=O) groups excluding carboxylic acids is 2. The zero-order valence-corrected chi connectivity index (χ0v) is 25.2. The zero-order chi connectivity index (χ0) is 30.1. The van der Waals surface area contributed by atoms with Crippen LogP contribution >= 0.6 is 0 Å². The van der Waals surface area contributed by atoms with Gasteiger partial charge in [0.25, 0.3) is 0 Å². The summed E-state index contributed by atoms with van der Waals surface area (Å²) in [6.45, 7) is 2.43. The highest BCUT2D eigenvalue weighted by molar-refractivity contribution is 7.89. The van der Waals surface area contributed by atoms with Gasteiger partial charge in [0.1, 0.15) is 6.04 Å². The predicted octanol–water partition coefficient (Wildman–Crippen LogP) is 3.85. The van der Waals surface area contributed by atoms with Crippen molar-refractivity contribution in [1.29, 1.82) is 0 Å². The van der Waals surface area contributed by atoms with Crippen LogP contribution in [-0.4, -0.2) is 58.0 Å². The van der Waals surface area contributed by atoms with Gasteiger partial charge >= 0.3 is 0 Å². The Morgan fingerprint density at radius 2 is 1.55 bits per heavy atom. The molecule has 0 radical (unpaired) electrons. The molecule has 9 nitrogen and oxygen atoms in total. The highest BCUT2D eigenvalue weighted by Crippen LogP contribution is 2.27. The first kappa shape index (κ1) is 31.1. The lowest BCUT2D eigenvalue weighted by atomic mass is 10.1. The summed E-state index contributed by atoms with van der Waals surface area (Å²) in [5.41, 5.74) is 2.76. The molecule has 1 unspecified atom stereocenters. The van der Waals surface area contributed by atoms with Crippen LogP contribution in [0.5, 0.6) is 11.5 Å². The summed E-state index contributed by atoms with van der Waals surface area (Å²) in [7, 11) is -0.366. The van der Waals surface area contributed by atoms with Crippen LogP contribution in [0, 0.1) is 0 Å². The number of aryl methyl sites for hydroxylation is 1. The lowest BCUT2D eigenvalue weighted by molar-refractivity contribution is -0.140. The summed E-state index contributed by atoms with van der Waals surface area (Å²) in [6.07, 6.45) is 2.94. The third-order valence-electron chi connectivity index (χ3n) is 7.28. The number of methoxy groups -OCH3 is 2. The lowest BCUT2D eigenvalue weighted by Crippen LogP contribution is -2.48. The minimum absolute atomic E-state index is 0.0352. The number of nitrogens with zero attached hydrogens (tertiary/aromatic N) is 1. The molecule has 1 fully saturated rings. The van der Waals surface area contributed by atoms with E-state index in [4.69, 9.17) is 9.47 Å². The Labute approximate surface area is 248 Å². The smallest absolute Gasteiger partial charge is 0.242 e. The first-order chi connectivity index (χ1) is 20.2. The molecule has 1 aliphatic rings. The quantitative estimate of drug-likeness (QED) is 0.277. The van der Waals surface area contributed by atoms with Gasteiger partial charge in [-0.15, -0.1) is 0 Å². The summed E-state index contributed by atoms with van der Waals surface area (Å²) in [5.74, 6) is 0.868. The fourth-order valence-corrected chi connectivity index (χ4v) is 5.90. The van der Waals surface area contributed by atoms with Crippen molar-refractivity contribution < 1.29 is 27.5 Å². The number of nitrogens with one attached hydrogen (secondary N) is 2. The van der Waals surface area contributed by atoms with Crippen LogP contribution < -0.4 is 19.5 Å². The number of carbonyl (C=O) groups is 2. The lowest BCUT2D eigenvalue weighted by Gasteiger charge is -2.29. The molecule has 2 amide bonds. The molecule has 0 aromatic heterocycles. The number of ether oxygens (including phenoxy) is 2. The Kier molecular flexibility index (Phi) is 10.6. The van der Waals surface area contributed by atoms with Gasteiger partial charge in [-0.25, -0.2) is 13.1 Å². The molecule has 4 rings (SSSR count). The molecule has 1 saturated carbocycles. The van der Waals surface area contributed by atoms with Crippen LogP contribution in [0.4, 0.5) is 0 Å². The third kappa shape index (κ3) is 8.56. The predicted molar refractivity (Wildman–Crippen MR) is 161 cm³/mol. The van der Waals surface area contributed by atoms with E-state index in [1.54, 1.807) is 50.3 Å². The first-order valence-electron chi connectivity index (χ1n) is 14.1. The summed E-state index contributed by atoms with van der Waals surface area (Å²) in [6, 6.07) is 21.2. The zero-order valence-electron chi connectivity index (χ0n) is 24.3. The molecule has 0 aliphatic heterocycles. The highest BCUT2D eigenvalue weighted by Gasteiger charge is 2.28. The first-order valence-corrected chi connectivity index (χ1v) is 15.6. The molecule has 2 N–H and O–H groups in total. The van der Waals surface area contributed by atoms with Gasteiger partial charge in [0.15, 0.2) is 11.5 Å². The van der Waals surface area contributed by atoms with Gasteiger partial charge in [0.2, 0.25) is 21.8 Å². The molecule has 224 valence electrons. The molecule has 0 saturated heterocycles. The Balaban J connectivity index is 1.37. The molecule has 0 spiro atoms. The summed E-state index contributed by atoms with van der Waals surface area (Å²) in [5, 5.41) is 2.96. The van der Waals surface area contributed by atoms with Gasteiger partial charge in [0.05, 0.1) is 19.1 Å². The van der Waals surface area contributed by atoms with E-state index >= 15 is 0 Å². The van der Waals surface area contributed by atoms with E-state index in [9.17, 15) is 18.0 Å². The van der Waals surface area contributed by atoms with Gasteiger partial charge < -0.3 is 19.7 Å². The van der Waals surface area contributed by atoms with Crippen molar-refractivity contribution in [1.82, 2.24) is 14.9 Å². The second-order valence-corrected chi connectivity index (χ2v) is 12.2. The topological polar surface area (TPSA) is 114 Å². The Hall–Kier alpha value is -3.89. The van der Waals surface area contributed by atoms with E-state index in [0.717, 1.165) is 29.5 Å². The van der Waals surface area contributed by atoms with E-state index in [-0.39, 0.29) is 29.2 Å². The van der Waals surface area contributed by atoms with Gasteiger partial charge in [0, 0.05) is 25.6 Å². The van der Waals surface area contributed by atoms with E-state index in [2.05, 4.69) is 10.0 Å². The SMILES string of the molecule is COc1ccc(CCNC(=O)C(C)N(Cc2ccccc2)C(=O)CCc2ccc(S(=O)(=O)NC3CC3)cc2)cc1OC. The summed E-state index contributed by atoms with van der Waals surface area (Å²) in [4.78, 5) is 28.4. The van der Waals surface area contributed by atoms with Gasteiger partial charge in [-0.2, -0.15) is 0 Å². The van der Waals surface area contributed by atoms with Crippen LogP contribution in [0.3, 0.4) is 0 Å². The second-order valence-electron chi connectivity index (χ2n) is 10.5. The average Bonchev–Trinajstić information content (AvgIpc) is 3.82. The van der Waals surface area contributed by atoms with E-state index in [0.29, 0.717) is 37.4 Å². The molecule has 3 aromatic carbocycles. The Morgan fingerprint density at radius 3 is 2.19 bits per heavy atom. The maximum absolute atomic E-state index is 13.5. The number of sulfonamides is 1. The Bertz CT molecular complexity index is 1460. The van der Waals surface area contributed by atoms with Crippen molar-refractivity contribution in [2.24, 2.45) is 0 Å². The minimum atomic E-state index is -3.53. The molecule has 0 heterocycles. The van der Waals surface area contributed by atoms with Crippen molar-refractivity contribution in [2.45, 2.75) is 62.6 Å². The van der Waals surface area contributed by atoms with Gasteiger partial charge in [-0.1, -0.05) is 48.5 Å². The standard InChI is InChI=1S/C32H39N3O6S/c1-23(32(37)33-20-19-25-11-17-29(40-2)30(21-25)41-3)35(22-26-7-5-4-6-8-26)31(36)18-12-24-9-15-28(16-10-24)42(38,39)34-27-13-14-27/h4-11,15-17,21,23,27,34H,12-14,18-20,22H2,1-3H3,(H,33,37). The van der Waals surface area contributed by atoms with Crippen LogP contribution in [0.25, 0.3) is 0 Å². The van der Waals surface area contributed by atoms with Crippen molar-refractivity contribution in [3.8, 4) is 11.5 Å². The molecule has 1 aliphatic carbocycles. The van der Waals surface area contributed by atoms with Crippen LogP contribution in [0.15, 0.2) is 77.7 Å². The molecule has 1 atom stereocenters. The molecule has 42 heavy (non-hydrogen) atoms. The number of hydrogen-bond donors (Lipinski definition) is 2. The maximum atomic E-state index is 13.5. The summed E-state index contributed by atoms with van der Waals surface area (Å²) >= 11 is 0. The monoisotopic (exact) mass is 593 g/mol. The van der Waals surface area contributed by atoms with Crippen LogP contribution in [-0.2, 0) is 39.0 Å². The number of benzene rings is 3. The van der Waals surface area contributed by atoms with Crippen LogP contribution in [0.1, 0.15) is 42.9 Å². The fraction of sp³-hybridized carbons (Fsp3) is 0.375. The molecular weight excluding hydrogens is 554 g/mol. The van der Waals surface area contributed by atoms with E-state index in [1.165, 1.54) is 0 Å². The Morgan fingerprint density at radius 1 is 0.881 bits per heavy atom. The molecule has 3 aromatic rings. The highest BCUT2D eigenvalue weighted by atomic mass is 32.2. The van der Waals surface area contributed by atoms with Gasteiger partial charge in [-0.3, -0.25) is 9.59 Å². The number of amides is 2. The number of rotatable bonds is 15. The molecule has 10 heteroatoms. The van der Waals surface area contributed by atoms with Crippen LogP contribution in [0.2, 0.25) is 0 Å². The minimum Gasteiger partial charge on any atom is -0.493 e. The second kappa shape index (κ2) is 14.3. The fourth-order valence-electron chi connectivity index (χ4n) is 4.60. The average molecular weight is 594 g/mol. The van der Waals surface area contributed by atoms with Crippen molar-refractivity contribution in [3.05, 3.63) is 89.5 Å². The maximum Gasteiger partial charge on any atom is 0.242 e. The molecular formula is C32H39N3O6S. The third-order valence-corrected chi connectivity index (χ3v) is 8.82.